The summed E-state index contributed by atoms with van der Waals surface area (Å²) in [6, 6.07) is 15.4. The van der Waals surface area contributed by atoms with Crippen molar-refractivity contribution in [3.8, 4) is 11.4 Å². The van der Waals surface area contributed by atoms with Crippen molar-refractivity contribution < 1.29 is 9.21 Å². The van der Waals surface area contributed by atoms with Crippen LogP contribution in [0.25, 0.3) is 11.4 Å². The Morgan fingerprint density at radius 2 is 1.87 bits per heavy atom. The molecular formula is C24H24N4O2S. The van der Waals surface area contributed by atoms with Gasteiger partial charge in [-0.3, -0.25) is 14.3 Å². The molecule has 0 atom stereocenters. The molecule has 3 heterocycles. The van der Waals surface area contributed by atoms with Crippen LogP contribution in [0.15, 0.2) is 76.8 Å². The first-order valence-corrected chi connectivity index (χ1v) is 11.0. The average Bonchev–Trinajstić information content (AvgIpc) is 3.42. The summed E-state index contributed by atoms with van der Waals surface area (Å²) in [7, 11) is 0. The van der Waals surface area contributed by atoms with Crippen molar-refractivity contribution >= 4 is 17.5 Å². The molecule has 158 valence electrons. The molecule has 0 saturated carbocycles. The van der Waals surface area contributed by atoms with Crippen molar-refractivity contribution in [1.29, 1.82) is 0 Å². The van der Waals surface area contributed by atoms with Crippen LogP contribution in [0.3, 0.4) is 0 Å². The number of hydrogen-bond acceptors (Lipinski definition) is 6. The predicted octanol–water partition coefficient (Wildman–Crippen LogP) is 5.25. The zero-order valence-electron chi connectivity index (χ0n) is 17.8. The molecule has 0 radical (unpaired) electrons. The lowest BCUT2D eigenvalue weighted by atomic mass is 9.86. The lowest BCUT2D eigenvalue weighted by Gasteiger charge is -2.18. The Hall–Kier alpha value is -3.19. The van der Waals surface area contributed by atoms with Crippen LogP contribution in [-0.4, -0.2) is 31.3 Å². The number of pyridine rings is 1. The van der Waals surface area contributed by atoms with Crippen LogP contribution in [0.1, 0.15) is 42.5 Å². The third-order valence-electron chi connectivity index (χ3n) is 4.94. The molecule has 7 heteroatoms. The normalized spacial score (nSPS) is 11.6. The summed E-state index contributed by atoms with van der Waals surface area (Å²) in [6.45, 7) is 6.95. The highest BCUT2D eigenvalue weighted by Crippen LogP contribution is 2.26. The Balaban J connectivity index is 1.54. The van der Waals surface area contributed by atoms with Gasteiger partial charge in [-0.05, 0) is 35.2 Å². The fourth-order valence-corrected chi connectivity index (χ4v) is 4.01. The van der Waals surface area contributed by atoms with Gasteiger partial charge in [-0.2, -0.15) is 0 Å². The monoisotopic (exact) mass is 432 g/mol. The highest BCUT2D eigenvalue weighted by molar-refractivity contribution is 7.99. The third kappa shape index (κ3) is 4.94. The van der Waals surface area contributed by atoms with E-state index in [-0.39, 0.29) is 17.0 Å². The number of carbonyl (C=O) groups is 1. The molecule has 0 N–H and O–H groups in total. The Labute approximate surface area is 185 Å². The van der Waals surface area contributed by atoms with Gasteiger partial charge in [-0.15, -0.1) is 10.2 Å². The first-order chi connectivity index (χ1) is 14.9. The number of carbonyl (C=O) groups excluding carboxylic acids is 1. The number of rotatable bonds is 7. The summed E-state index contributed by atoms with van der Waals surface area (Å²) in [5.41, 5.74) is 2.82. The topological polar surface area (TPSA) is 73.8 Å². The SMILES string of the molecule is CC(C)(C)c1ccc(C(=O)CSc2nnc(-c3cccnc3)n2Cc2ccco2)cc1. The molecule has 6 nitrogen and oxygen atoms in total. The minimum atomic E-state index is 0.0564. The van der Waals surface area contributed by atoms with Gasteiger partial charge in [0.15, 0.2) is 16.8 Å². The fraction of sp³-hybridized carbons (Fsp3) is 0.250. The third-order valence-corrected chi connectivity index (χ3v) is 5.90. The summed E-state index contributed by atoms with van der Waals surface area (Å²) in [4.78, 5) is 17.0. The highest BCUT2D eigenvalue weighted by Gasteiger charge is 2.18. The maximum Gasteiger partial charge on any atom is 0.192 e. The van der Waals surface area contributed by atoms with Crippen LogP contribution in [0, 0.1) is 0 Å². The van der Waals surface area contributed by atoms with E-state index in [9.17, 15) is 4.79 Å². The van der Waals surface area contributed by atoms with E-state index in [1.165, 1.54) is 17.3 Å². The van der Waals surface area contributed by atoms with E-state index in [0.717, 1.165) is 11.3 Å². The van der Waals surface area contributed by atoms with E-state index < -0.39 is 0 Å². The van der Waals surface area contributed by atoms with Gasteiger partial charge >= 0.3 is 0 Å². The summed E-state index contributed by atoms with van der Waals surface area (Å²) in [5, 5.41) is 9.36. The number of Topliss-reactive ketones (excluding diaryl/α,β-unsaturated/α-hetero) is 1. The van der Waals surface area contributed by atoms with Crippen molar-refractivity contribution in [2.45, 2.75) is 37.9 Å². The molecule has 4 rings (SSSR count). The molecule has 3 aromatic heterocycles. The van der Waals surface area contributed by atoms with E-state index in [4.69, 9.17) is 4.42 Å². The molecule has 1 aromatic carbocycles. The molecule has 0 aliphatic carbocycles. The number of benzene rings is 1. The second-order valence-electron chi connectivity index (χ2n) is 8.25. The number of aromatic nitrogens is 4. The molecule has 0 spiro atoms. The van der Waals surface area contributed by atoms with Crippen molar-refractivity contribution in [3.63, 3.8) is 0 Å². The van der Waals surface area contributed by atoms with E-state index in [2.05, 4.69) is 36.0 Å². The summed E-state index contributed by atoms with van der Waals surface area (Å²) in [6.07, 6.45) is 5.11. The van der Waals surface area contributed by atoms with Gasteiger partial charge < -0.3 is 4.42 Å². The molecule has 4 aromatic rings. The summed E-state index contributed by atoms with van der Waals surface area (Å²) >= 11 is 1.37. The van der Waals surface area contributed by atoms with Gasteiger partial charge in [-0.25, -0.2) is 0 Å². The van der Waals surface area contributed by atoms with Gasteiger partial charge in [0, 0.05) is 23.5 Å². The smallest absolute Gasteiger partial charge is 0.192 e. The molecule has 0 aliphatic rings. The summed E-state index contributed by atoms with van der Waals surface area (Å²) < 4.78 is 7.47. The molecule has 0 aliphatic heterocycles. The van der Waals surface area contributed by atoms with Gasteiger partial charge in [0.2, 0.25) is 0 Å². The van der Waals surface area contributed by atoms with E-state index in [1.807, 2.05) is 53.1 Å². The first-order valence-electron chi connectivity index (χ1n) is 10.0. The fourth-order valence-electron chi connectivity index (χ4n) is 3.17. The van der Waals surface area contributed by atoms with Gasteiger partial charge in [0.05, 0.1) is 18.6 Å². The van der Waals surface area contributed by atoms with Crippen LogP contribution in [0.5, 0.6) is 0 Å². The number of nitrogens with zero attached hydrogens (tertiary/aromatic N) is 4. The van der Waals surface area contributed by atoms with Gasteiger partial charge in [0.25, 0.3) is 0 Å². The number of furan rings is 1. The molecule has 0 amide bonds. The molecular weight excluding hydrogens is 408 g/mol. The summed E-state index contributed by atoms with van der Waals surface area (Å²) in [5.74, 6) is 1.81. The second kappa shape index (κ2) is 8.89. The molecule has 0 bridgehead atoms. The van der Waals surface area contributed by atoms with Crippen LogP contribution >= 0.6 is 11.8 Å². The maximum absolute atomic E-state index is 12.8. The zero-order valence-corrected chi connectivity index (χ0v) is 18.6. The van der Waals surface area contributed by atoms with Crippen LogP contribution < -0.4 is 0 Å². The Kier molecular flexibility index (Phi) is 6.04. The van der Waals surface area contributed by atoms with Crippen molar-refractivity contribution in [2.75, 3.05) is 5.75 Å². The van der Waals surface area contributed by atoms with Crippen LogP contribution in [0.4, 0.5) is 0 Å². The minimum Gasteiger partial charge on any atom is -0.467 e. The Morgan fingerprint density at radius 3 is 2.52 bits per heavy atom. The number of hydrogen-bond donors (Lipinski definition) is 0. The average molecular weight is 433 g/mol. The van der Waals surface area contributed by atoms with Gasteiger partial charge in [-0.1, -0.05) is 56.8 Å². The Bertz CT molecular complexity index is 1140. The zero-order chi connectivity index (χ0) is 21.8. The maximum atomic E-state index is 12.8. The highest BCUT2D eigenvalue weighted by atomic mass is 32.2. The molecule has 31 heavy (non-hydrogen) atoms. The number of thioether (sulfide) groups is 1. The van der Waals surface area contributed by atoms with E-state index in [1.54, 1.807) is 18.7 Å². The predicted molar refractivity (Wildman–Crippen MR) is 121 cm³/mol. The minimum absolute atomic E-state index is 0.0564. The van der Waals surface area contributed by atoms with Crippen molar-refractivity contribution in [2.24, 2.45) is 0 Å². The quantitative estimate of drug-likeness (QED) is 0.293. The van der Waals surface area contributed by atoms with E-state index in [0.29, 0.717) is 23.1 Å². The standard InChI is InChI=1S/C24H24N4O2S/c1-24(2,3)19-10-8-17(9-11-19)21(29)16-31-23-27-26-22(18-6-4-12-25-14-18)28(23)15-20-7-5-13-30-20/h4-14H,15-16H2,1-3H3. The van der Waals surface area contributed by atoms with Crippen molar-refractivity contribution in [3.05, 3.63) is 84.1 Å². The van der Waals surface area contributed by atoms with Crippen LogP contribution in [0.2, 0.25) is 0 Å². The molecule has 0 saturated heterocycles. The van der Waals surface area contributed by atoms with E-state index >= 15 is 0 Å². The number of ketones is 1. The molecule has 0 unspecified atom stereocenters. The lowest BCUT2D eigenvalue weighted by molar-refractivity contribution is 0.102. The van der Waals surface area contributed by atoms with Crippen molar-refractivity contribution in [1.82, 2.24) is 19.7 Å². The molecule has 0 fully saturated rings. The Morgan fingerprint density at radius 1 is 1.06 bits per heavy atom. The lowest BCUT2D eigenvalue weighted by Crippen LogP contribution is -2.11. The van der Waals surface area contributed by atoms with Crippen LogP contribution in [-0.2, 0) is 12.0 Å². The first kappa shape index (κ1) is 21.1. The second-order valence-corrected chi connectivity index (χ2v) is 9.20. The largest absolute Gasteiger partial charge is 0.467 e. The van der Waals surface area contributed by atoms with Gasteiger partial charge in [0.1, 0.15) is 5.76 Å².